The van der Waals surface area contributed by atoms with Crippen LogP contribution in [0.2, 0.25) is 0 Å². The van der Waals surface area contributed by atoms with Gasteiger partial charge in [-0.15, -0.1) is 0 Å². The first kappa shape index (κ1) is 16.2. The lowest BCUT2D eigenvalue weighted by Gasteiger charge is -2.58. The maximum Gasteiger partial charge on any atom is 0.322 e. The first-order valence-corrected chi connectivity index (χ1v) is 7.72. The summed E-state index contributed by atoms with van der Waals surface area (Å²) in [5.41, 5.74) is 0.0451. The van der Waals surface area contributed by atoms with Crippen molar-refractivity contribution in [3.05, 3.63) is 0 Å². The van der Waals surface area contributed by atoms with E-state index in [2.05, 4.69) is 31.0 Å². The van der Waals surface area contributed by atoms with Gasteiger partial charge in [-0.3, -0.25) is 14.5 Å². The molecule has 0 aromatic carbocycles. The summed E-state index contributed by atoms with van der Waals surface area (Å²) >= 11 is 0. The van der Waals surface area contributed by atoms with Gasteiger partial charge in [0.2, 0.25) is 5.91 Å². The SMILES string of the molecule is CCCN(CC(=O)NCC(=O)O)C1C2CCOC2C1(C)C. The molecule has 2 N–H and O–H groups in total. The lowest BCUT2D eigenvalue weighted by Crippen LogP contribution is -2.67. The van der Waals surface area contributed by atoms with E-state index >= 15 is 0 Å². The number of nitrogens with zero attached hydrogens (tertiary/aromatic N) is 1. The number of aliphatic carboxylic acids is 1. The van der Waals surface area contributed by atoms with E-state index in [-0.39, 0.29) is 24.4 Å². The standard InChI is InChI=1S/C15H26N2O4/c1-4-6-17(9-11(18)16-8-12(19)20)13-10-5-7-21-14(10)15(13,2)3/h10,13-14H,4-9H2,1-3H3,(H,16,18)(H,19,20). The fourth-order valence-corrected chi connectivity index (χ4v) is 4.06. The Bertz CT molecular complexity index is 410. The van der Waals surface area contributed by atoms with Crippen molar-refractivity contribution in [2.75, 3.05) is 26.2 Å². The van der Waals surface area contributed by atoms with Gasteiger partial charge >= 0.3 is 5.97 Å². The predicted octanol–water partition coefficient (Wildman–Crippen LogP) is 0.713. The smallest absolute Gasteiger partial charge is 0.322 e. The van der Waals surface area contributed by atoms with E-state index in [1.807, 2.05) is 0 Å². The van der Waals surface area contributed by atoms with Gasteiger partial charge in [0.25, 0.3) is 0 Å². The second-order valence-electron chi connectivity index (χ2n) is 6.65. The molecule has 0 aromatic heterocycles. The number of carboxylic acid groups (broad SMARTS) is 1. The summed E-state index contributed by atoms with van der Waals surface area (Å²) < 4.78 is 5.80. The summed E-state index contributed by atoms with van der Waals surface area (Å²) in [5.74, 6) is -0.735. The van der Waals surface area contributed by atoms with Gasteiger partial charge in [0.15, 0.2) is 0 Å². The maximum atomic E-state index is 11.9. The predicted molar refractivity (Wildman–Crippen MR) is 77.9 cm³/mol. The molecule has 21 heavy (non-hydrogen) atoms. The number of hydrogen-bond donors (Lipinski definition) is 2. The number of nitrogens with one attached hydrogen (secondary N) is 1. The minimum Gasteiger partial charge on any atom is -0.480 e. The highest BCUT2D eigenvalue weighted by Gasteiger charge is 2.61. The Morgan fingerprint density at radius 3 is 2.76 bits per heavy atom. The fourth-order valence-electron chi connectivity index (χ4n) is 4.06. The van der Waals surface area contributed by atoms with Crippen LogP contribution in [0, 0.1) is 11.3 Å². The van der Waals surface area contributed by atoms with Crippen LogP contribution in [0.1, 0.15) is 33.6 Å². The molecule has 120 valence electrons. The van der Waals surface area contributed by atoms with Gasteiger partial charge in [-0.2, -0.15) is 0 Å². The van der Waals surface area contributed by atoms with Crippen LogP contribution >= 0.6 is 0 Å². The molecule has 3 atom stereocenters. The molecule has 6 heteroatoms. The molecule has 0 aromatic rings. The number of carbonyl (C=O) groups is 2. The summed E-state index contributed by atoms with van der Waals surface area (Å²) in [7, 11) is 0. The largest absolute Gasteiger partial charge is 0.480 e. The third-order valence-electron chi connectivity index (χ3n) is 4.73. The molecule has 2 aliphatic rings. The number of hydrogen-bond acceptors (Lipinski definition) is 4. The molecule has 1 saturated heterocycles. The summed E-state index contributed by atoms with van der Waals surface area (Å²) in [6, 6.07) is 0.334. The third-order valence-corrected chi connectivity index (χ3v) is 4.73. The minimum atomic E-state index is -1.02. The van der Waals surface area contributed by atoms with E-state index in [1.54, 1.807) is 0 Å². The number of rotatable bonds is 7. The highest BCUT2D eigenvalue weighted by atomic mass is 16.5. The zero-order chi connectivity index (χ0) is 15.6. The Hall–Kier alpha value is -1.14. The summed E-state index contributed by atoms with van der Waals surface area (Å²) in [5, 5.41) is 11.1. The number of carbonyl (C=O) groups excluding carboxylic acids is 1. The van der Waals surface area contributed by atoms with E-state index < -0.39 is 5.97 Å². The second-order valence-corrected chi connectivity index (χ2v) is 6.65. The van der Waals surface area contributed by atoms with Crippen molar-refractivity contribution in [3.8, 4) is 0 Å². The van der Waals surface area contributed by atoms with Crippen LogP contribution in [0.4, 0.5) is 0 Å². The van der Waals surface area contributed by atoms with Crippen molar-refractivity contribution in [2.45, 2.75) is 45.8 Å². The van der Waals surface area contributed by atoms with Crippen molar-refractivity contribution in [1.29, 1.82) is 0 Å². The topological polar surface area (TPSA) is 78.9 Å². The molecular formula is C15H26N2O4. The van der Waals surface area contributed by atoms with Crippen LogP contribution in [0.3, 0.4) is 0 Å². The highest BCUT2D eigenvalue weighted by molar-refractivity contribution is 5.82. The highest BCUT2D eigenvalue weighted by Crippen LogP contribution is 2.54. The molecule has 1 aliphatic heterocycles. The molecule has 0 spiro atoms. The van der Waals surface area contributed by atoms with Gasteiger partial charge in [-0.05, 0) is 19.4 Å². The minimum absolute atomic E-state index is 0.0451. The van der Waals surface area contributed by atoms with Crippen molar-refractivity contribution < 1.29 is 19.4 Å². The summed E-state index contributed by atoms with van der Waals surface area (Å²) in [6.07, 6.45) is 2.32. The molecule has 3 unspecified atom stereocenters. The average Bonchev–Trinajstić information content (AvgIpc) is 2.82. The second kappa shape index (κ2) is 6.32. The lowest BCUT2D eigenvalue weighted by molar-refractivity contribution is -0.159. The van der Waals surface area contributed by atoms with Crippen LogP contribution < -0.4 is 5.32 Å². The van der Waals surface area contributed by atoms with Gasteiger partial charge in [-0.25, -0.2) is 0 Å². The van der Waals surface area contributed by atoms with Crippen LogP contribution in [0.15, 0.2) is 0 Å². The number of fused-ring (bicyclic) bond motifs is 1. The molecule has 1 saturated carbocycles. The first-order chi connectivity index (χ1) is 9.87. The maximum absolute atomic E-state index is 11.9. The van der Waals surface area contributed by atoms with Crippen molar-refractivity contribution in [1.82, 2.24) is 10.2 Å². The van der Waals surface area contributed by atoms with Crippen LogP contribution in [-0.2, 0) is 14.3 Å². The fraction of sp³-hybridized carbons (Fsp3) is 0.867. The molecule has 1 amide bonds. The van der Waals surface area contributed by atoms with Crippen LogP contribution in [0.25, 0.3) is 0 Å². The van der Waals surface area contributed by atoms with Crippen molar-refractivity contribution in [3.63, 3.8) is 0 Å². The number of amides is 1. The van der Waals surface area contributed by atoms with E-state index in [0.717, 1.165) is 26.0 Å². The average molecular weight is 298 g/mol. The molecule has 2 fully saturated rings. The van der Waals surface area contributed by atoms with Gasteiger partial charge < -0.3 is 15.2 Å². The normalized spacial score (nSPS) is 29.8. The Balaban J connectivity index is 1.98. The van der Waals surface area contributed by atoms with E-state index in [4.69, 9.17) is 9.84 Å². The summed E-state index contributed by atoms with van der Waals surface area (Å²) in [6.45, 7) is 8.08. The Kier molecular flexibility index (Phi) is 4.88. The Morgan fingerprint density at radius 1 is 1.43 bits per heavy atom. The van der Waals surface area contributed by atoms with Crippen LogP contribution in [0.5, 0.6) is 0 Å². The summed E-state index contributed by atoms with van der Waals surface area (Å²) in [4.78, 5) is 24.7. The van der Waals surface area contributed by atoms with Gasteiger partial charge in [-0.1, -0.05) is 20.8 Å². The third kappa shape index (κ3) is 3.21. The van der Waals surface area contributed by atoms with E-state index in [0.29, 0.717) is 18.1 Å². The molecule has 0 radical (unpaired) electrons. The number of carboxylic acids is 1. The van der Waals surface area contributed by atoms with Crippen LogP contribution in [-0.4, -0.2) is 60.3 Å². The van der Waals surface area contributed by atoms with Crippen molar-refractivity contribution >= 4 is 11.9 Å². The van der Waals surface area contributed by atoms with Gasteiger partial charge in [0.05, 0.1) is 12.6 Å². The zero-order valence-corrected chi connectivity index (χ0v) is 13.1. The Morgan fingerprint density at radius 2 is 2.14 bits per heavy atom. The van der Waals surface area contributed by atoms with E-state index in [9.17, 15) is 9.59 Å². The van der Waals surface area contributed by atoms with E-state index in [1.165, 1.54) is 0 Å². The van der Waals surface area contributed by atoms with Gasteiger partial charge in [0, 0.05) is 24.0 Å². The molecule has 1 heterocycles. The molecule has 1 aliphatic carbocycles. The molecule has 6 nitrogen and oxygen atoms in total. The monoisotopic (exact) mass is 298 g/mol. The molecular weight excluding hydrogens is 272 g/mol. The van der Waals surface area contributed by atoms with Crippen molar-refractivity contribution in [2.24, 2.45) is 11.3 Å². The van der Waals surface area contributed by atoms with Gasteiger partial charge in [0.1, 0.15) is 6.54 Å². The lowest BCUT2D eigenvalue weighted by atomic mass is 9.56. The quantitative estimate of drug-likeness (QED) is 0.724. The molecule has 2 rings (SSSR count). The Labute approximate surface area is 125 Å². The first-order valence-electron chi connectivity index (χ1n) is 7.72. The molecule has 0 bridgehead atoms. The number of ether oxygens (including phenoxy) is 1. The zero-order valence-electron chi connectivity index (χ0n) is 13.1.